The maximum Gasteiger partial charge on any atom is 0.0693 e. The summed E-state index contributed by atoms with van der Waals surface area (Å²) in [5, 5.41) is 7.98. The van der Waals surface area contributed by atoms with E-state index in [4.69, 9.17) is 34.0 Å². The van der Waals surface area contributed by atoms with Crippen molar-refractivity contribution in [1.82, 2.24) is 0 Å². The molecule has 0 saturated heterocycles. The van der Waals surface area contributed by atoms with Crippen molar-refractivity contribution in [3.05, 3.63) is 118 Å². The Hall–Kier alpha value is -2.85. The van der Waals surface area contributed by atoms with Crippen LogP contribution in [0.3, 0.4) is 0 Å². The van der Waals surface area contributed by atoms with Gasteiger partial charge in [-0.25, -0.2) is 0 Å². The van der Waals surface area contributed by atoms with E-state index >= 15 is 0 Å². The Morgan fingerprint density at radius 2 is 1.52 bits per heavy atom. The molecule has 2 N–H and O–H groups in total. The van der Waals surface area contributed by atoms with Gasteiger partial charge in [0.2, 0.25) is 0 Å². The van der Waals surface area contributed by atoms with E-state index in [1.807, 2.05) is 97.1 Å². The van der Waals surface area contributed by atoms with Gasteiger partial charge in [-0.05, 0) is 53.1 Å². The van der Waals surface area contributed by atoms with Crippen LogP contribution in [0.1, 0.15) is 11.1 Å². The maximum absolute atomic E-state index is 6.77. The quantitative estimate of drug-likeness (QED) is 0.366. The summed E-state index contributed by atoms with van der Waals surface area (Å²) >= 11 is 12.2. The molecule has 0 heterocycles. The van der Waals surface area contributed by atoms with Crippen molar-refractivity contribution in [2.75, 3.05) is 12.1 Å². The largest absolute Gasteiger partial charge is 0.323 e. The summed E-state index contributed by atoms with van der Waals surface area (Å²) in [6.07, 6.45) is 8.20. The summed E-state index contributed by atoms with van der Waals surface area (Å²) in [7, 11) is 1.93. The molecule has 31 heavy (non-hydrogen) atoms. The van der Waals surface area contributed by atoms with E-state index in [9.17, 15) is 0 Å². The van der Waals surface area contributed by atoms with Crippen molar-refractivity contribution >= 4 is 40.7 Å². The Balaban J connectivity index is 1.72. The van der Waals surface area contributed by atoms with Crippen molar-refractivity contribution < 1.29 is 0 Å². The van der Waals surface area contributed by atoms with E-state index in [1.54, 1.807) is 0 Å². The molecule has 0 amide bonds. The second-order valence-electron chi connectivity index (χ2n) is 7.53. The van der Waals surface area contributed by atoms with Gasteiger partial charge < -0.3 is 5.73 Å². The number of para-hydroxylation sites is 1. The number of benzene rings is 3. The number of hydrazone groups is 1. The summed E-state index contributed by atoms with van der Waals surface area (Å²) in [6.45, 7) is 0. The molecule has 0 fully saturated rings. The summed E-state index contributed by atoms with van der Waals surface area (Å²) in [4.78, 5) is 0. The molecule has 0 radical (unpaired) electrons. The molecule has 5 heteroatoms. The van der Waals surface area contributed by atoms with E-state index in [2.05, 4.69) is 18.2 Å². The Kier molecular flexibility index (Phi) is 6.28. The van der Waals surface area contributed by atoms with Gasteiger partial charge in [-0.1, -0.05) is 83.9 Å². The minimum absolute atomic E-state index is 0.322. The van der Waals surface area contributed by atoms with Gasteiger partial charge >= 0.3 is 0 Å². The second kappa shape index (κ2) is 9.11. The monoisotopic (exact) mass is 447 g/mol. The van der Waals surface area contributed by atoms with E-state index in [0.29, 0.717) is 10.0 Å². The molecule has 0 bridgehead atoms. The summed E-state index contributed by atoms with van der Waals surface area (Å²) in [5.41, 5.74) is 10.3. The average molecular weight is 448 g/mol. The van der Waals surface area contributed by atoms with Crippen LogP contribution < -0.4 is 10.7 Å². The zero-order valence-corrected chi connectivity index (χ0v) is 18.6. The minimum Gasteiger partial charge on any atom is -0.323 e. The van der Waals surface area contributed by atoms with Crippen LogP contribution in [0.2, 0.25) is 10.0 Å². The highest BCUT2D eigenvalue weighted by Gasteiger charge is 2.36. The first kappa shape index (κ1) is 21.4. The number of nitrogens with zero attached hydrogens (tertiary/aromatic N) is 2. The van der Waals surface area contributed by atoms with Crippen LogP contribution in [0, 0.1) is 0 Å². The fraction of sp³-hybridized carbons (Fsp3) is 0.115. The number of anilines is 1. The van der Waals surface area contributed by atoms with Crippen LogP contribution in [-0.4, -0.2) is 19.3 Å². The van der Waals surface area contributed by atoms with Crippen LogP contribution in [0.4, 0.5) is 5.69 Å². The molecular weight excluding hydrogens is 425 g/mol. The van der Waals surface area contributed by atoms with Crippen LogP contribution in [0.5, 0.6) is 0 Å². The number of hydrogen-bond acceptors (Lipinski definition) is 3. The molecule has 3 aromatic rings. The zero-order valence-electron chi connectivity index (χ0n) is 17.1. The van der Waals surface area contributed by atoms with Crippen LogP contribution in [-0.2, 0) is 5.41 Å². The molecule has 2 atom stereocenters. The third-order valence-corrected chi connectivity index (χ3v) is 6.05. The van der Waals surface area contributed by atoms with Gasteiger partial charge in [0.05, 0.1) is 11.1 Å². The molecule has 0 aromatic heterocycles. The highest BCUT2D eigenvalue weighted by Crippen LogP contribution is 2.35. The van der Waals surface area contributed by atoms with Crippen LogP contribution >= 0.6 is 23.2 Å². The number of allylic oxidation sites excluding steroid dienone is 2. The molecule has 1 aliphatic rings. The lowest BCUT2D eigenvalue weighted by atomic mass is 9.71. The Labute approximate surface area is 193 Å². The summed E-state index contributed by atoms with van der Waals surface area (Å²) in [5.74, 6) is 0. The van der Waals surface area contributed by atoms with Gasteiger partial charge in [0.25, 0.3) is 0 Å². The molecule has 0 aliphatic heterocycles. The van der Waals surface area contributed by atoms with Crippen molar-refractivity contribution in [1.29, 1.82) is 0 Å². The van der Waals surface area contributed by atoms with Crippen molar-refractivity contribution in [3.63, 3.8) is 0 Å². The van der Waals surface area contributed by atoms with Gasteiger partial charge in [-0.2, -0.15) is 5.10 Å². The smallest absolute Gasteiger partial charge is 0.0693 e. The molecule has 0 spiro atoms. The first-order valence-corrected chi connectivity index (χ1v) is 10.8. The number of nitrogens with two attached hydrogens (primary N) is 1. The molecule has 0 saturated carbocycles. The van der Waals surface area contributed by atoms with Crippen LogP contribution in [0.25, 0.3) is 5.57 Å². The molecule has 156 valence electrons. The van der Waals surface area contributed by atoms with E-state index in [0.717, 1.165) is 22.4 Å². The van der Waals surface area contributed by atoms with Gasteiger partial charge in [0.15, 0.2) is 0 Å². The number of hydrogen-bond donors (Lipinski definition) is 1. The van der Waals surface area contributed by atoms with E-state index in [-0.39, 0.29) is 6.04 Å². The Bertz CT molecular complexity index is 1120. The van der Waals surface area contributed by atoms with Crippen molar-refractivity contribution in [2.24, 2.45) is 10.8 Å². The van der Waals surface area contributed by atoms with Gasteiger partial charge in [0.1, 0.15) is 0 Å². The zero-order chi connectivity index (χ0) is 21.8. The van der Waals surface area contributed by atoms with Gasteiger partial charge in [-0.15, -0.1) is 0 Å². The lowest BCUT2D eigenvalue weighted by Gasteiger charge is -2.35. The lowest BCUT2D eigenvalue weighted by Crippen LogP contribution is -2.46. The van der Waals surface area contributed by atoms with Gasteiger partial charge in [0, 0.05) is 29.3 Å². The molecule has 4 rings (SSSR count). The summed E-state index contributed by atoms with van der Waals surface area (Å²) < 4.78 is 0. The predicted octanol–water partition coefficient (Wildman–Crippen LogP) is 6.33. The van der Waals surface area contributed by atoms with E-state index < -0.39 is 5.41 Å². The SMILES string of the molecule is CN(N=CC1(c2ccc(Cl)cc2)C=CC(c2ccc(Cl)cc2)=CC1N)c1ccccc1. The minimum atomic E-state index is -0.608. The molecule has 3 aromatic carbocycles. The maximum atomic E-state index is 6.77. The third kappa shape index (κ3) is 4.59. The molecular formula is C26H23Cl2N3. The van der Waals surface area contributed by atoms with Crippen molar-refractivity contribution in [3.8, 4) is 0 Å². The topological polar surface area (TPSA) is 41.6 Å². The predicted molar refractivity (Wildman–Crippen MR) is 133 cm³/mol. The standard InChI is InChI=1S/C26H23Cl2N3/c1-31(24-5-3-2-4-6-24)30-18-26(21-9-13-23(28)14-10-21)16-15-20(17-25(26)29)19-7-11-22(27)12-8-19/h2-18,25H,29H2,1H3. The fourth-order valence-corrected chi connectivity index (χ4v) is 3.94. The molecule has 2 unspecified atom stereocenters. The van der Waals surface area contributed by atoms with Crippen molar-refractivity contribution in [2.45, 2.75) is 11.5 Å². The Morgan fingerprint density at radius 1 is 0.903 bits per heavy atom. The average Bonchev–Trinajstić information content (AvgIpc) is 2.80. The Morgan fingerprint density at radius 3 is 2.13 bits per heavy atom. The third-order valence-electron chi connectivity index (χ3n) is 5.55. The lowest BCUT2D eigenvalue weighted by molar-refractivity contribution is 0.624. The number of rotatable bonds is 5. The van der Waals surface area contributed by atoms with Crippen LogP contribution in [0.15, 0.2) is 102 Å². The van der Waals surface area contributed by atoms with E-state index in [1.165, 1.54) is 0 Å². The number of halogens is 2. The first-order chi connectivity index (χ1) is 15.0. The molecule has 1 aliphatic carbocycles. The molecule has 3 nitrogen and oxygen atoms in total. The highest BCUT2D eigenvalue weighted by atomic mass is 35.5. The van der Waals surface area contributed by atoms with Gasteiger partial charge in [-0.3, -0.25) is 5.01 Å². The summed E-state index contributed by atoms with van der Waals surface area (Å²) in [6, 6.07) is 25.2. The fourth-order valence-electron chi connectivity index (χ4n) is 3.68. The first-order valence-electron chi connectivity index (χ1n) is 10.0. The highest BCUT2D eigenvalue weighted by molar-refractivity contribution is 6.30. The second-order valence-corrected chi connectivity index (χ2v) is 8.40. The normalized spacial score (nSPS) is 20.6.